The van der Waals surface area contributed by atoms with E-state index in [0.29, 0.717) is 0 Å². The first kappa shape index (κ1) is 15.2. The van der Waals surface area contributed by atoms with Crippen LogP contribution in [-0.2, 0) is 9.59 Å². The smallest absolute Gasteiger partial charge is 0.322 e. The molecule has 1 aromatic heterocycles. The van der Waals surface area contributed by atoms with E-state index in [9.17, 15) is 14.4 Å². The number of carbonyl (C=O) groups is 3. The average molecular weight is 306 g/mol. The molecule has 0 saturated carbocycles. The van der Waals surface area contributed by atoms with Crippen LogP contribution >= 0.6 is 23.2 Å². The molecule has 0 fully saturated rings. The fourth-order valence-corrected chi connectivity index (χ4v) is 1.43. The maximum atomic E-state index is 11.7. The first-order chi connectivity index (χ1) is 8.90. The highest BCUT2D eigenvalue weighted by Crippen LogP contribution is 2.17. The Morgan fingerprint density at radius 2 is 1.89 bits per heavy atom. The number of hydrogen-bond donors (Lipinski definition) is 3. The summed E-state index contributed by atoms with van der Waals surface area (Å²) in [6.45, 7) is -0.890. The highest BCUT2D eigenvalue weighted by molar-refractivity contribution is 6.35. The van der Waals surface area contributed by atoms with Crippen molar-refractivity contribution in [2.75, 3.05) is 13.1 Å². The summed E-state index contributed by atoms with van der Waals surface area (Å²) in [5, 5.41) is 12.9. The molecule has 0 bridgehead atoms. The lowest BCUT2D eigenvalue weighted by atomic mass is 10.2. The predicted octanol–water partition coefficient (Wildman–Crippen LogP) is 0.319. The molecule has 0 unspecified atom stereocenters. The Balaban J connectivity index is 2.53. The van der Waals surface area contributed by atoms with Crippen molar-refractivity contribution in [2.24, 2.45) is 0 Å². The van der Waals surface area contributed by atoms with Crippen LogP contribution in [0.3, 0.4) is 0 Å². The van der Waals surface area contributed by atoms with Gasteiger partial charge in [0.1, 0.15) is 11.7 Å². The number of hydrogen-bond acceptors (Lipinski definition) is 4. The van der Waals surface area contributed by atoms with E-state index in [1.807, 2.05) is 0 Å². The summed E-state index contributed by atoms with van der Waals surface area (Å²) in [5.74, 6) is -2.42. The van der Waals surface area contributed by atoms with Gasteiger partial charge in [-0.25, -0.2) is 4.98 Å². The van der Waals surface area contributed by atoms with Gasteiger partial charge in [-0.05, 0) is 6.07 Å². The summed E-state index contributed by atoms with van der Waals surface area (Å²) >= 11 is 11.4. The molecule has 0 radical (unpaired) electrons. The zero-order chi connectivity index (χ0) is 14.4. The van der Waals surface area contributed by atoms with Crippen LogP contribution in [0.2, 0.25) is 10.2 Å². The maximum absolute atomic E-state index is 11.7. The van der Waals surface area contributed by atoms with Crippen LogP contribution in [0, 0.1) is 0 Å². The van der Waals surface area contributed by atoms with Crippen LogP contribution in [0.5, 0.6) is 0 Å². The highest BCUT2D eigenvalue weighted by Gasteiger charge is 2.13. The Kier molecular flexibility index (Phi) is 5.53. The lowest BCUT2D eigenvalue weighted by molar-refractivity contribution is -0.137. The molecule has 1 rings (SSSR count). The summed E-state index contributed by atoms with van der Waals surface area (Å²) in [6.07, 6.45) is 1.21. The Bertz CT molecular complexity index is 521. The van der Waals surface area contributed by atoms with Gasteiger partial charge in [-0.2, -0.15) is 0 Å². The minimum Gasteiger partial charge on any atom is -0.480 e. The SMILES string of the molecule is O=C(O)CNC(=O)CNC(=O)c1cc(Cl)ncc1Cl. The zero-order valence-corrected chi connectivity index (χ0v) is 11.0. The third kappa shape index (κ3) is 5.11. The summed E-state index contributed by atoms with van der Waals surface area (Å²) in [6, 6.07) is 1.26. The Hall–Kier alpha value is -1.86. The fourth-order valence-electron chi connectivity index (χ4n) is 1.08. The molecule has 0 aliphatic rings. The number of carbonyl (C=O) groups excluding carboxylic acids is 2. The molecule has 0 aliphatic heterocycles. The molecule has 102 valence electrons. The molecule has 0 spiro atoms. The lowest BCUT2D eigenvalue weighted by Crippen LogP contribution is -2.39. The third-order valence-corrected chi connectivity index (χ3v) is 2.42. The highest BCUT2D eigenvalue weighted by atomic mass is 35.5. The summed E-state index contributed by atoms with van der Waals surface area (Å²) < 4.78 is 0. The minimum atomic E-state index is -1.18. The van der Waals surface area contributed by atoms with Crippen molar-refractivity contribution in [1.29, 1.82) is 0 Å². The van der Waals surface area contributed by atoms with Crippen LogP contribution in [0.4, 0.5) is 0 Å². The van der Waals surface area contributed by atoms with Gasteiger partial charge >= 0.3 is 5.97 Å². The van der Waals surface area contributed by atoms with Crippen molar-refractivity contribution in [3.63, 3.8) is 0 Å². The van der Waals surface area contributed by atoms with Gasteiger partial charge in [0.15, 0.2) is 0 Å². The molecule has 1 heterocycles. The van der Waals surface area contributed by atoms with Crippen LogP contribution in [0.1, 0.15) is 10.4 Å². The Morgan fingerprint density at radius 3 is 2.53 bits per heavy atom. The van der Waals surface area contributed by atoms with Crippen LogP contribution in [0.15, 0.2) is 12.3 Å². The number of carboxylic acids is 1. The van der Waals surface area contributed by atoms with Crippen molar-refractivity contribution in [1.82, 2.24) is 15.6 Å². The fraction of sp³-hybridized carbons (Fsp3) is 0.200. The van der Waals surface area contributed by atoms with E-state index in [4.69, 9.17) is 28.3 Å². The molecule has 0 aliphatic carbocycles. The van der Waals surface area contributed by atoms with Gasteiger partial charge in [0.2, 0.25) is 5.91 Å². The second-order valence-electron chi connectivity index (χ2n) is 3.34. The number of rotatable bonds is 5. The Morgan fingerprint density at radius 1 is 1.21 bits per heavy atom. The number of aromatic nitrogens is 1. The molecular formula is C10H9Cl2N3O4. The molecule has 0 atom stereocenters. The molecule has 0 aromatic carbocycles. The van der Waals surface area contributed by atoms with E-state index >= 15 is 0 Å². The maximum Gasteiger partial charge on any atom is 0.322 e. The largest absolute Gasteiger partial charge is 0.480 e. The quantitative estimate of drug-likeness (QED) is 0.679. The summed E-state index contributed by atoms with van der Waals surface area (Å²) in [7, 11) is 0. The normalized spacial score (nSPS) is 9.79. The van der Waals surface area contributed by atoms with Gasteiger partial charge < -0.3 is 15.7 Å². The number of nitrogens with zero attached hydrogens (tertiary/aromatic N) is 1. The average Bonchev–Trinajstić information content (AvgIpc) is 2.36. The summed E-state index contributed by atoms with van der Waals surface area (Å²) in [4.78, 5) is 36.7. The molecule has 9 heteroatoms. The van der Waals surface area contributed by atoms with Crippen molar-refractivity contribution in [3.8, 4) is 0 Å². The predicted molar refractivity (Wildman–Crippen MR) is 67.2 cm³/mol. The summed E-state index contributed by atoms with van der Waals surface area (Å²) in [5.41, 5.74) is 0.0766. The molecule has 1 aromatic rings. The van der Waals surface area contributed by atoms with Crippen molar-refractivity contribution in [2.45, 2.75) is 0 Å². The molecule has 19 heavy (non-hydrogen) atoms. The van der Waals surface area contributed by atoms with E-state index in [0.717, 1.165) is 0 Å². The van der Waals surface area contributed by atoms with E-state index < -0.39 is 24.3 Å². The van der Waals surface area contributed by atoms with E-state index in [-0.39, 0.29) is 22.3 Å². The third-order valence-electron chi connectivity index (χ3n) is 1.91. The van der Waals surface area contributed by atoms with Crippen molar-refractivity contribution < 1.29 is 19.5 Å². The van der Waals surface area contributed by atoms with Gasteiger partial charge in [-0.3, -0.25) is 14.4 Å². The van der Waals surface area contributed by atoms with Crippen LogP contribution in [0.25, 0.3) is 0 Å². The molecule has 3 N–H and O–H groups in total. The molecule has 2 amide bonds. The van der Waals surface area contributed by atoms with E-state index in [2.05, 4.69) is 15.6 Å². The zero-order valence-electron chi connectivity index (χ0n) is 9.44. The Labute approximate surface area is 117 Å². The number of halogens is 2. The second-order valence-corrected chi connectivity index (χ2v) is 4.13. The first-order valence-corrected chi connectivity index (χ1v) is 5.73. The number of carboxylic acid groups (broad SMARTS) is 1. The number of pyridine rings is 1. The van der Waals surface area contributed by atoms with Gasteiger partial charge in [-0.15, -0.1) is 0 Å². The second kappa shape index (κ2) is 6.91. The number of aliphatic carboxylic acids is 1. The lowest BCUT2D eigenvalue weighted by Gasteiger charge is -2.06. The van der Waals surface area contributed by atoms with E-state index in [1.165, 1.54) is 12.3 Å². The van der Waals surface area contributed by atoms with Crippen molar-refractivity contribution in [3.05, 3.63) is 28.0 Å². The molecule has 7 nitrogen and oxygen atoms in total. The molecule has 0 saturated heterocycles. The van der Waals surface area contributed by atoms with Crippen molar-refractivity contribution >= 4 is 41.0 Å². The number of amides is 2. The first-order valence-electron chi connectivity index (χ1n) is 4.98. The van der Waals surface area contributed by atoms with Gasteiger partial charge in [0, 0.05) is 6.20 Å². The van der Waals surface area contributed by atoms with E-state index in [1.54, 1.807) is 0 Å². The molecular weight excluding hydrogens is 297 g/mol. The van der Waals surface area contributed by atoms with Crippen LogP contribution in [-0.4, -0.2) is 41.0 Å². The van der Waals surface area contributed by atoms with Gasteiger partial charge in [0.05, 0.1) is 17.1 Å². The standard InChI is InChI=1S/C10H9Cl2N3O4/c11-6-2-13-7(12)1-5(6)10(19)15-3-8(16)14-4-9(17)18/h1-2H,3-4H2,(H,14,16)(H,15,19)(H,17,18). The minimum absolute atomic E-state index is 0.0766. The number of nitrogens with one attached hydrogen (secondary N) is 2. The van der Waals surface area contributed by atoms with Crippen LogP contribution < -0.4 is 10.6 Å². The van der Waals surface area contributed by atoms with Gasteiger partial charge in [-0.1, -0.05) is 23.2 Å². The topological polar surface area (TPSA) is 108 Å². The monoisotopic (exact) mass is 305 g/mol. The van der Waals surface area contributed by atoms with Gasteiger partial charge in [0.25, 0.3) is 5.91 Å².